The molecule has 2 amide bonds. The fourth-order valence-electron chi connectivity index (χ4n) is 2.81. The maximum Gasteiger partial charge on any atom is 0.240 e. The second kappa shape index (κ2) is 7.92. The van der Waals surface area contributed by atoms with Crippen LogP contribution >= 0.6 is 0 Å². The van der Waals surface area contributed by atoms with E-state index in [2.05, 4.69) is 10.6 Å². The summed E-state index contributed by atoms with van der Waals surface area (Å²) < 4.78 is 0. The molecule has 1 aromatic carbocycles. The van der Waals surface area contributed by atoms with Gasteiger partial charge < -0.3 is 21.3 Å². The summed E-state index contributed by atoms with van der Waals surface area (Å²) in [7, 11) is 1.75. The molecule has 1 saturated heterocycles. The zero-order valence-corrected chi connectivity index (χ0v) is 14.0. The third-order valence-corrected chi connectivity index (χ3v) is 4.32. The van der Waals surface area contributed by atoms with Gasteiger partial charge in [-0.25, -0.2) is 0 Å². The van der Waals surface area contributed by atoms with E-state index in [1.807, 2.05) is 0 Å². The molecule has 7 heteroatoms. The minimum Gasteiger partial charge on any atom is -0.378 e. The quantitative estimate of drug-likeness (QED) is 0.617. The topological polar surface area (TPSA) is 105 Å². The Kier molecular flexibility index (Phi) is 5.92. The highest BCUT2D eigenvalue weighted by atomic mass is 16.2. The van der Waals surface area contributed by atoms with Gasteiger partial charge in [0.25, 0.3) is 0 Å². The Balaban J connectivity index is 1.86. The van der Waals surface area contributed by atoms with Crippen LogP contribution in [0.3, 0.4) is 0 Å². The number of nitrogens with one attached hydrogen (secondary N) is 2. The second-order valence-electron chi connectivity index (χ2n) is 6.00. The van der Waals surface area contributed by atoms with Crippen molar-refractivity contribution in [2.45, 2.75) is 31.8 Å². The Hall–Kier alpha value is -2.41. The maximum atomic E-state index is 12.3. The van der Waals surface area contributed by atoms with Crippen molar-refractivity contribution in [1.82, 2.24) is 10.2 Å². The van der Waals surface area contributed by atoms with Crippen LogP contribution in [0.15, 0.2) is 24.3 Å². The summed E-state index contributed by atoms with van der Waals surface area (Å²) in [6, 6.07) is 6.55. The van der Waals surface area contributed by atoms with Crippen molar-refractivity contribution >= 4 is 23.3 Å². The van der Waals surface area contributed by atoms with Crippen LogP contribution in [-0.4, -0.2) is 54.7 Å². The molecule has 2 unspecified atom stereocenters. The van der Waals surface area contributed by atoms with Gasteiger partial charge in [0.15, 0.2) is 5.78 Å². The number of likely N-dealkylation sites (N-methyl/N-ethyl adjacent to an activating group) is 1. The molecule has 0 aromatic heterocycles. The fourth-order valence-corrected chi connectivity index (χ4v) is 2.81. The Morgan fingerprint density at radius 1 is 1.33 bits per heavy atom. The van der Waals surface area contributed by atoms with E-state index in [-0.39, 0.29) is 36.6 Å². The molecule has 1 heterocycles. The van der Waals surface area contributed by atoms with Gasteiger partial charge in [-0.15, -0.1) is 0 Å². The molecule has 0 saturated carbocycles. The van der Waals surface area contributed by atoms with E-state index in [0.29, 0.717) is 6.54 Å². The average Bonchev–Trinajstić information content (AvgIpc) is 2.93. The SMILES string of the molecule is CNC1CCN(C(C)C(=O)CNc2ccc(CC(N)=O)cc2)C1=O. The van der Waals surface area contributed by atoms with Crippen LogP contribution in [0.4, 0.5) is 5.69 Å². The van der Waals surface area contributed by atoms with E-state index in [1.54, 1.807) is 43.1 Å². The van der Waals surface area contributed by atoms with Crippen molar-refractivity contribution in [2.24, 2.45) is 5.73 Å². The van der Waals surface area contributed by atoms with Gasteiger partial charge in [-0.2, -0.15) is 0 Å². The van der Waals surface area contributed by atoms with Gasteiger partial charge in [-0.3, -0.25) is 14.4 Å². The Morgan fingerprint density at radius 3 is 2.54 bits per heavy atom. The minimum atomic E-state index is -0.447. The molecular weight excluding hydrogens is 308 g/mol. The Bertz CT molecular complexity index is 615. The van der Waals surface area contributed by atoms with Gasteiger partial charge in [0.2, 0.25) is 11.8 Å². The lowest BCUT2D eigenvalue weighted by Crippen LogP contribution is -2.45. The molecule has 0 spiro atoms. The summed E-state index contributed by atoms with van der Waals surface area (Å²) in [5, 5.41) is 6.01. The van der Waals surface area contributed by atoms with Crippen LogP contribution in [-0.2, 0) is 20.8 Å². The predicted molar refractivity (Wildman–Crippen MR) is 91.5 cm³/mol. The molecule has 24 heavy (non-hydrogen) atoms. The number of hydrogen-bond donors (Lipinski definition) is 3. The van der Waals surface area contributed by atoms with Gasteiger partial charge in [-0.1, -0.05) is 12.1 Å². The third-order valence-electron chi connectivity index (χ3n) is 4.32. The molecule has 7 nitrogen and oxygen atoms in total. The lowest BCUT2D eigenvalue weighted by molar-refractivity contribution is -0.136. The third kappa shape index (κ3) is 4.32. The number of amides is 2. The first-order valence-corrected chi connectivity index (χ1v) is 8.04. The number of ketones is 1. The molecule has 2 atom stereocenters. The first-order valence-electron chi connectivity index (χ1n) is 8.04. The highest BCUT2D eigenvalue weighted by Crippen LogP contribution is 2.15. The zero-order chi connectivity index (χ0) is 17.7. The van der Waals surface area contributed by atoms with E-state index >= 15 is 0 Å². The number of nitrogens with zero attached hydrogens (tertiary/aromatic N) is 1. The summed E-state index contributed by atoms with van der Waals surface area (Å²) in [6.07, 6.45) is 0.918. The van der Waals surface area contributed by atoms with Crippen LogP contribution in [0.1, 0.15) is 18.9 Å². The number of anilines is 1. The average molecular weight is 332 g/mol. The zero-order valence-electron chi connectivity index (χ0n) is 14.0. The van der Waals surface area contributed by atoms with Crippen LogP contribution in [0, 0.1) is 0 Å². The van der Waals surface area contributed by atoms with Crippen LogP contribution in [0.5, 0.6) is 0 Å². The first kappa shape index (κ1) is 17.9. The number of hydrogen-bond acceptors (Lipinski definition) is 5. The Morgan fingerprint density at radius 2 is 2.00 bits per heavy atom. The van der Waals surface area contributed by atoms with E-state index in [4.69, 9.17) is 5.73 Å². The highest BCUT2D eigenvalue weighted by Gasteiger charge is 2.35. The van der Waals surface area contributed by atoms with Crippen molar-refractivity contribution in [1.29, 1.82) is 0 Å². The molecule has 0 bridgehead atoms. The fraction of sp³-hybridized carbons (Fsp3) is 0.471. The first-order chi connectivity index (χ1) is 11.4. The lowest BCUT2D eigenvalue weighted by atomic mass is 10.1. The van der Waals surface area contributed by atoms with E-state index < -0.39 is 6.04 Å². The summed E-state index contributed by atoms with van der Waals surface area (Å²) in [6.45, 7) is 2.50. The van der Waals surface area contributed by atoms with E-state index in [1.165, 1.54) is 0 Å². The molecule has 130 valence electrons. The van der Waals surface area contributed by atoms with Gasteiger partial charge in [0.1, 0.15) is 0 Å². The second-order valence-corrected chi connectivity index (χ2v) is 6.00. The number of carbonyl (C=O) groups is 3. The van der Waals surface area contributed by atoms with Crippen LogP contribution in [0.25, 0.3) is 0 Å². The van der Waals surface area contributed by atoms with Gasteiger partial charge in [0.05, 0.1) is 25.0 Å². The number of rotatable bonds is 8. The van der Waals surface area contributed by atoms with Gasteiger partial charge in [0, 0.05) is 12.2 Å². The molecule has 1 fully saturated rings. The highest BCUT2D eigenvalue weighted by molar-refractivity contribution is 5.93. The van der Waals surface area contributed by atoms with Crippen molar-refractivity contribution < 1.29 is 14.4 Å². The maximum absolute atomic E-state index is 12.3. The summed E-state index contributed by atoms with van der Waals surface area (Å²) in [5.41, 5.74) is 6.76. The minimum absolute atomic E-state index is 0.0193. The molecule has 2 rings (SSSR count). The number of carbonyl (C=O) groups excluding carboxylic acids is 3. The number of Topliss-reactive ketones (excluding diaryl/α,β-unsaturated/α-hetero) is 1. The van der Waals surface area contributed by atoms with Crippen LogP contribution < -0.4 is 16.4 Å². The van der Waals surface area contributed by atoms with E-state index in [9.17, 15) is 14.4 Å². The molecule has 0 radical (unpaired) electrons. The van der Waals surface area contributed by atoms with Gasteiger partial charge >= 0.3 is 0 Å². The standard InChI is InChI=1S/C17H24N4O3/c1-11(21-8-7-14(19-2)17(21)24)15(22)10-20-13-5-3-12(4-6-13)9-16(18)23/h3-6,11,14,19-20H,7-10H2,1-2H3,(H2,18,23). The normalized spacial score (nSPS) is 18.5. The number of likely N-dealkylation sites (tertiary alicyclic amines) is 1. The molecule has 1 aliphatic rings. The van der Waals surface area contributed by atoms with Crippen molar-refractivity contribution in [2.75, 3.05) is 25.5 Å². The smallest absolute Gasteiger partial charge is 0.240 e. The van der Waals surface area contributed by atoms with Crippen molar-refractivity contribution in [3.8, 4) is 0 Å². The monoisotopic (exact) mass is 332 g/mol. The largest absolute Gasteiger partial charge is 0.378 e. The summed E-state index contributed by atoms with van der Waals surface area (Å²) in [5.74, 6) is -0.440. The van der Waals surface area contributed by atoms with Crippen molar-refractivity contribution in [3.05, 3.63) is 29.8 Å². The number of benzene rings is 1. The molecule has 1 aromatic rings. The Labute approximate surface area is 141 Å². The summed E-state index contributed by atoms with van der Waals surface area (Å²) >= 11 is 0. The van der Waals surface area contributed by atoms with Gasteiger partial charge in [-0.05, 0) is 38.1 Å². The van der Waals surface area contributed by atoms with E-state index in [0.717, 1.165) is 17.7 Å². The number of nitrogens with two attached hydrogens (primary N) is 1. The van der Waals surface area contributed by atoms with Crippen molar-refractivity contribution in [3.63, 3.8) is 0 Å². The molecule has 4 N–H and O–H groups in total. The molecular formula is C17H24N4O3. The lowest BCUT2D eigenvalue weighted by Gasteiger charge is -2.24. The van der Waals surface area contributed by atoms with Crippen LogP contribution in [0.2, 0.25) is 0 Å². The predicted octanol–water partition coefficient (Wildman–Crippen LogP) is -0.0958. The molecule has 0 aliphatic carbocycles. The number of primary amides is 1. The summed E-state index contributed by atoms with van der Waals surface area (Å²) in [4.78, 5) is 36.9. The molecule has 1 aliphatic heterocycles.